The number of benzene rings is 1. The first-order valence-corrected chi connectivity index (χ1v) is 5.33. The van der Waals surface area contributed by atoms with Crippen LogP contribution in [-0.2, 0) is 16.1 Å². The third-order valence-corrected chi connectivity index (χ3v) is 2.22. The summed E-state index contributed by atoms with van der Waals surface area (Å²) in [5.41, 5.74) is 2.93. The number of amides is 2. The van der Waals surface area contributed by atoms with E-state index in [4.69, 9.17) is 0 Å². The van der Waals surface area contributed by atoms with Gasteiger partial charge in [-0.15, -0.1) is 10.2 Å². The van der Waals surface area contributed by atoms with Gasteiger partial charge in [0.2, 0.25) is 0 Å². The maximum Gasteiger partial charge on any atom is 0.328 e. The Balaban J connectivity index is 1.84. The maximum absolute atomic E-state index is 12.7. The van der Waals surface area contributed by atoms with Crippen molar-refractivity contribution in [3.8, 4) is 0 Å². The van der Waals surface area contributed by atoms with Crippen molar-refractivity contribution in [1.29, 1.82) is 0 Å². The van der Waals surface area contributed by atoms with Crippen LogP contribution in [0.1, 0.15) is 5.56 Å². The molecule has 0 aliphatic carbocycles. The van der Waals surface area contributed by atoms with Gasteiger partial charge in [-0.2, -0.15) is 0 Å². The fourth-order valence-electron chi connectivity index (χ4n) is 1.29. The van der Waals surface area contributed by atoms with Crippen molar-refractivity contribution in [2.45, 2.75) is 6.54 Å². The second-order valence-electron chi connectivity index (χ2n) is 3.62. The van der Waals surface area contributed by atoms with Gasteiger partial charge >= 0.3 is 11.8 Å². The molecule has 98 valence electrons. The van der Waals surface area contributed by atoms with E-state index in [-0.39, 0.29) is 12.4 Å². The molecule has 8 heteroatoms. The minimum atomic E-state index is -0.845. The van der Waals surface area contributed by atoms with Crippen molar-refractivity contribution in [2.75, 3.05) is 5.43 Å². The summed E-state index contributed by atoms with van der Waals surface area (Å²) in [6, 6.07) is 5.60. The van der Waals surface area contributed by atoms with Gasteiger partial charge in [0.15, 0.2) is 0 Å². The number of carbonyl (C=O) groups excluding carboxylic acids is 2. The number of carbonyl (C=O) groups is 2. The summed E-state index contributed by atoms with van der Waals surface area (Å²) < 4.78 is 13.8. The Morgan fingerprint density at radius 1 is 1.11 bits per heavy atom. The lowest BCUT2D eigenvalue weighted by Crippen LogP contribution is -2.38. The predicted molar refractivity (Wildman–Crippen MR) is 62.6 cm³/mol. The van der Waals surface area contributed by atoms with E-state index in [2.05, 4.69) is 20.9 Å². The molecule has 0 saturated carbocycles. The smallest absolute Gasteiger partial charge is 0.328 e. The fourth-order valence-corrected chi connectivity index (χ4v) is 1.29. The lowest BCUT2D eigenvalue weighted by atomic mass is 10.2. The molecule has 2 N–H and O–H groups in total. The predicted octanol–water partition coefficient (Wildman–Crippen LogP) is -0.196. The van der Waals surface area contributed by atoms with Crippen LogP contribution < -0.4 is 10.7 Å². The van der Waals surface area contributed by atoms with Gasteiger partial charge in [0, 0.05) is 6.54 Å². The average molecular weight is 263 g/mol. The molecule has 0 atom stereocenters. The summed E-state index contributed by atoms with van der Waals surface area (Å²) in [7, 11) is 0. The Bertz CT molecular complexity index is 567. The Morgan fingerprint density at radius 2 is 1.74 bits per heavy atom. The quantitative estimate of drug-likeness (QED) is 0.751. The summed E-state index contributed by atoms with van der Waals surface area (Å²) in [5, 5.41) is 9.34. The number of nitrogens with one attached hydrogen (secondary N) is 2. The van der Waals surface area contributed by atoms with Gasteiger partial charge in [-0.1, -0.05) is 12.1 Å². The van der Waals surface area contributed by atoms with Gasteiger partial charge in [0.1, 0.15) is 18.5 Å². The molecular weight excluding hydrogens is 253 g/mol. The Morgan fingerprint density at radius 3 is 2.37 bits per heavy atom. The monoisotopic (exact) mass is 263 g/mol. The van der Waals surface area contributed by atoms with Gasteiger partial charge in [-0.25, -0.2) is 9.07 Å². The molecule has 0 saturated heterocycles. The number of hydrogen-bond acceptors (Lipinski definition) is 4. The van der Waals surface area contributed by atoms with Crippen molar-refractivity contribution in [1.82, 2.24) is 20.2 Å². The Labute approximate surface area is 107 Å². The highest BCUT2D eigenvalue weighted by Crippen LogP contribution is 2.01. The molecular formula is C11H10FN5O2. The molecule has 1 aromatic carbocycles. The van der Waals surface area contributed by atoms with Crippen molar-refractivity contribution < 1.29 is 14.0 Å². The molecule has 1 heterocycles. The molecule has 19 heavy (non-hydrogen) atoms. The maximum atomic E-state index is 12.7. The first kappa shape index (κ1) is 12.7. The summed E-state index contributed by atoms with van der Waals surface area (Å²) in [6.07, 6.45) is 2.48. The van der Waals surface area contributed by atoms with Crippen LogP contribution in [-0.4, -0.2) is 26.7 Å². The number of aromatic nitrogens is 3. The van der Waals surface area contributed by atoms with Crippen molar-refractivity contribution in [3.63, 3.8) is 0 Å². The summed E-state index contributed by atoms with van der Waals surface area (Å²) in [6.45, 7) is 0.134. The van der Waals surface area contributed by atoms with Crippen molar-refractivity contribution in [3.05, 3.63) is 48.3 Å². The molecule has 0 unspecified atom stereocenters. The van der Waals surface area contributed by atoms with E-state index in [1.165, 1.54) is 36.9 Å². The van der Waals surface area contributed by atoms with E-state index in [1.54, 1.807) is 0 Å². The van der Waals surface area contributed by atoms with Crippen LogP contribution in [0.5, 0.6) is 0 Å². The highest BCUT2D eigenvalue weighted by Gasteiger charge is 2.13. The zero-order valence-electron chi connectivity index (χ0n) is 9.71. The molecule has 0 radical (unpaired) electrons. The highest BCUT2D eigenvalue weighted by atomic mass is 19.1. The van der Waals surface area contributed by atoms with E-state index >= 15 is 0 Å². The van der Waals surface area contributed by atoms with Crippen molar-refractivity contribution >= 4 is 11.8 Å². The van der Waals surface area contributed by atoms with Crippen LogP contribution in [0.3, 0.4) is 0 Å². The van der Waals surface area contributed by atoms with Crippen LogP contribution in [0.2, 0.25) is 0 Å². The topological polar surface area (TPSA) is 88.9 Å². The molecule has 0 aliphatic heterocycles. The number of halogens is 1. The van der Waals surface area contributed by atoms with Crippen LogP contribution in [0.4, 0.5) is 4.39 Å². The van der Waals surface area contributed by atoms with E-state index < -0.39 is 11.8 Å². The number of nitrogens with zero attached hydrogens (tertiary/aromatic N) is 3. The molecule has 7 nitrogen and oxygen atoms in total. The first-order chi connectivity index (χ1) is 9.15. The highest BCUT2D eigenvalue weighted by molar-refractivity contribution is 6.38. The van der Waals surface area contributed by atoms with E-state index in [0.717, 1.165) is 4.68 Å². The normalized spacial score (nSPS) is 9.95. The minimum Gasteiger partial charge on any atom is -0.344 e. The number of rotatable bonds is 3. The third-order valence-electron chi connectivity index (χ3n) is 2.22. The minimum absolute atomic E-state index is 0.134. The average Bonchev–Trinajstić information content (AvgIpc) is 2.90. The Hall–Kier alpha value is -2.77. The zero-order valence-corrected chi connectivity index (χ0v) is 9.71. The van der Waals surface area contributed by atoms with E-state index in [1.807, 2.05) is 0 Å². The molecule has 0 fully saturated rings. The molecule has 0 aliphatic rings. The fraction of sp³-hybridized carbons (Fsp3) is 0.0909. The summed E-state index contributed by atoms with van der Waals surface area (Å²) in [4.78, 5) is 22.9. The Kier molecular flexibility index (Phi) is 3.81. The molecule has 0 bridgehead atoms. The summed E-state index contributed by atoms with van der Waals surface area (Å²) >= 11 is 0. The molecule has 1 aromatic heterocycles. The van der Waals surface area contributed by atoms with Crippen LogP contribution >= 0.6 is 0 Å². The third kappa shape index (κ3) is 3.60. The second kappa shape index (κ2) is 5.71. The second-order valence-corrected chi connectivity index (χ2v) is 3.62. The molecule has 2 rings (SSSR count). The number of hydrogen-bond donors (Lipinski definition) is 2. The molecule has 0 spiro atoms. The van der Waals surface area contributed by atoms with E-state index in [0.29, 0.717) is 5.56 Å². The van der Waals surface area contributed by atoms with Gasteiger partial charge in [-0.3, -0.25) is 15.0 Å². The largest absolute Gasteiger partial charge is 0.344 e. The lowest BCUT2D eigenvalue weighted by molar-refractivity contribution is -0.136. The zero-order chi connectivity index (χ0) is 13.7. The summed E-state index contributed by atoms with van der Waals surface area (Å²) in [5.74, 6) is -2.01. The molecule has 2 aromatic rings. The first-order valence-electron chi connectivity index (χ1n) is 5.33. The standard InChI is InChI=1S/C11H10FN5O2/c12-9-3-1-8(2-4-9)5-13-10(18)11(19)16-17-6-14-15-7-17/h1-4,6-7H,5H2,(H,13,18)(H,16,19). The van der Waals surface area contributed by atoms with Gasteiger partial charge in [0.05, 0.1) is 0 Å². The van der Waals surface area contributed by atoms with Gasteiger partial charge in [0.25, 0.3) is 0 Å². The van der Waals surface area contributed by atoms with Crippen molar-refractivity contribution in [2.24, 2.45) is 0 Å². The van der Waals surface area contributed by atoms with Gasteiger partial charge < -0.3 is 5.32 Å². The molecule has 2 amide bonds. The van der Waals surface area contributed by atoms with Gasteiger partial charge in [-0.05, 0) is 17.7 Å². The van der Waals surface area contributed by atoms with E-state index in [9.17, 15) is 14.0 Å². The SMILES string of the molecule is O=C(NCc1ccc(F)cc1)C(=O)Nn1cnnc1. The lowest BCUT2D eigenvalue weighted by Gasteiger charge is -2.06. The van der Waals surface area contributed by atoms with Crippen LogP contribution in [0, 0.1) is 5.82 Å². The van der Waals surface area contributed by atoms with Crippen LogP contribution in [0.25, 0.3) is 0 Å². The van der Waals surface area contributed by atoms with Crippen LogP contribution in [0.15, 0.2) is 36.9 Å².